The number of hydrogen-bond donors (Lipinski definition) is 0. The smallest absolute Gasteiger partial charge is 0.199 e. The van der Waals surface area contributed by atoms with Crippen LogP contribution in [0.25, 0.3) is 5.57 Å². The molecule has 2 aromatic rings. The van der Waals surface area contributed by atoms with E-state index in [1.807, 2.05) is 37.5 Å². The summed E-state index contributed by atoms with van der Waals surface area (Å²) >= 11 is 0. The van der Waals surface area contributed by atoms with Crippen LogP contribution in [0.15, 0.2) is 73.3 Å². The first-order valence-electron chi connectivity index (χ1n) is 12.9. The maximum Gasteiger partial charge on any atom is 0.199 e. The van der Waals surface area contributed by atoms with Crippen molar-refractivity contribution in [2.45, 2.75) is 45.3 Å². The first-order chi connectivity index (χ1) is 17.2. The van der Waals surface area contributed by atoms with Crippen molar-refractivity contribution in [3.05, 3.63) is 84.7 Å². The summed E-state index contributed by atoms with van der Waals surface area (Å²) in [4.78, 5) is 14.3. The third kappa shape index (κ3) is 7.77. The molecule has 0 bridgehead atoms. The van der Waals surface area contributed by atoms with Crippen molar-refractivity contribution in [3.63, 3.8) is 0 Å². The van der Waals surface area contributed by atoms with Gasteiger partial charge in [0.15, 0.2) is 12.1 Å². The second-order valence-corrected chi connectivity index (χ2v) is 9.14. The van der Waals surface area contributed by atoms with Gasteiger partial charge in [0.05, 0.1) is 24.7 Å². The number of rotatable bonds is 9. The van der Waals surface area contributed by atoms with Gasteiger partial charge in [-0.15, -0.1) is 0 Å². The molecule has 35 heavy (non-hydrogen) atoms. The molecule has 0 aliphatic carbocycles. The third-order valence-electron chi connectivity index (χ3n) is 6.59. The molecule has 2 saturated heterocycles. The van der Waals surface area contributed by atoms with E-state index in [1.54, 1.807) is 0 Å². The van der Waals surface area contributed by atoms with E-state index in [4.69, 9.17) is 9.47 Å². The predicted molar refractivity (Wildman–Crippen MR) is 142 cm³/mol. The summed E-state index contributed by atoms with van der Waals surface area (Å²) in [5.41, 5.74) is 3.43. The zero-order valence-electron chi connectivity index (χ0n) is 20.9. The molecule has 0 spiro atoms. The number of allylic oxidation sites excluding steroid dienone is 4. The lowest BCUT2D eigenvalue weighted by Crippen LogP contribution is -2.32. The summed E-state index contributed by atoms with van der Waals surface area (Å²) in [5.74, 6) is 1.29. The minimum Gasteiger partial charge on any atom is -0.466 e. The van der Waals surface area contributed by atoms with Gasteiger partial charge in [-0.2, -0.15) is 0 Å². The van der Waals surface area contributed by atoms with Crippen molar-refractivity contribution in [2.75, 3.05) is 44.2 Å². The van der Waals surface area contributed by atoms with Gasteiger partial charge >= 0.3 is 0 Å². The molecule has 0 N–H and O–H groups in total. The number of anilines is 1. The highest BCUT2D eigenvalue weighted by molar-refractivity contribution is 5.70. The van der Waals surface area contributed by atoms with E-state index >= 15 is 0 Å². The highest BCUT2D eigenvalue weighted by Gasteiger charge is 2.17. The van der Waals surface area contributed by atoms with Crippen LogP contribution >= 0.6 is 0 Å². The molecule has 2 aliphatic rings. The van der Waals surface area contributed by atoms with Crippen molar-refractivity contribution >= 4 is 11.3 Å². The Hall–Kier alpha value is -2.96. The molecular formula is C29H38N4O2. The van der Waals surface area contributed by atoms with Crippen LogP contribution in [0.2, 0.25) is 0 Å². The van der Waals surface area contributed by atoms with Gasteiger partial charge in [-0.25, -0.2) is 9.97 Å². The van der Waals surface area contributed by atoms with Gasteiger partial charge < -0.3 is 19.3 Å². The van der Waals surface area contributed by atoms with Crippen LogP contribution in [0.3, 0.4) is 0 Å². The Morgan fingerprint density at radius 3 is 2.63 bits per heavy atom. The zero-order valence-corrected chi connectivity index (χ0v) is 20.9. The van der Waals surface area contributed by atoms with E-state index in [-0.39, 0.29) is 6.29 Å². The van der Waals surface area contributed by atoms with Gasteiger partial charge in [0.1, 0.15) is 5.76 Å². The predicted octanol–water partition coefficient (Wildman–Crippen LogP) is 5.25. The Kier molecular flexibility index (Phi) is 9.49. The van der Waals surface area contributed by atoms with Crippen molar-refractivity contribution in [2.24, 2.45) is 0 Å². The van der Waals surface area contributed by atoms with E-state index < -0.39 is 0 Å². The highest BCUT2D eigenvalue weighted by Crippen LogP contribution is 2.20. The lowest BCUT2D eigenvalue weighted by molar-refractivity contribution is -0.135. The molecule has 1 aromatic heterocycles. The maximum absolute atomic E-state index is 5.80. The van der Waals surface area contributed by atoms with Crippen LogP contribution in [0.1, 0.15) is 44.0 Å². The number of hydrogen-bond acceptors (Lipinski definition) is 6. The molecule has 0 saturated carbocycles. The quantitative estimate of drug-likeness (QED) is 0.366. The largest absolute Gasteiger partial charge is 0.466 e. The monoisotopic (exact) mass is 474 g/mol. The van der Waals surface area contributed by atoms with Crippen LogP contribution < -0.4 is 4.90 Å². The van der Waals surface area contributed by atoms with Gasteiger partial charge in [0.25, 0.3) is 0 Å². The molecule has 6 nitrogen and oxygen atoms in total. The van der Waals surface area contributed by atoms with Gasteiger partial charge in [-0.1, -0.05) is 43.0 Å². The van der Waals surface area contributed by atoms with E-state index in [9.17, 15) is 0 Å². The van der Waals surface area contributed by atoms with Crippen LogP contribution in [-0.4, -0.2) is 60.5 Å². The first-order valence-corrected chi connectivity index (χ1v) is 12.9. The fourth-order valence-corrected chi connectivity index (χ4v) is 4.51. The molecule has 1 aromatic carbocycles. The van der Waals surface area contributed by atoms with Crippen molar-refractivity contribution in [1.82, 2.24) is 14.9 Å². The first kappa shape index (κ1) is 25.1. The van der Waals surface area contributed by atoms with Crippen molar-refractivity contribution < 1.29 is 9.47 Å². The van der Waals surface area contributed by atoms with Crippen LogP contribution in [0.4, 0.5) is 5.69 Å². The minimum atomic E-state index is -0.187. The molecule has 4 rings (SSSR count). The van der Waals surface area contributed by atoms with E-state index in [2.05, 4.69) is 56.7 Å². The zero-order chi connectivity index (χ0) is 24.3. The number of nitrogens with zero attached hydrogens (tertiary/aromatic N) is 4. The molecule has 6 heteroatoms. The topological polar surface area (TPSA) is 50.7 Å². The molecule has 1 atom stereocenters. The molecule has 1 unspecified atom stereocenters. The fraction of sp³-hybridized carbons (Fsp3) is 0.448. The van der Waals surface area contributed by atoms with Crippen LogP contribution in [0, 0.1) is 0 Å². The molecule has 2 aliphatic heterocycles. The van der Waals surface area contributed by atoms with Crippen molar-refractivity contribution in [3.8, 4) is 0 Å². The average molecular weight is 475 g/mol. The summed E-state index contributed by atoms with van der Waals surface area (Å²) < 4.78 is 11.4. The Bertz CT molecular complexity index is 982. The third-order valence-corrected chi connectivity index (χ3v) is 6.59. The average Bonchev–Trinajstić information content (AvgIpc) is 3.15. The molecule has 186 valence electrons. The Morgan fingerprint density at radius 1 is 1.06 bits per heavy atom. The Labute approximate surface area is 210 Å². The lowest BCUT2D eigenvalue weighted by Gasteiger charge is -2.23. The second kappa shape index (κ2) is 13.2. The summed E-state index contributed by atoms with van der Waals surface area (Å²) in [6.45, 7) is 12.1. The molecular weight excluding hydrogens is 436 g/mol. The number of benzene rings is 1. The van der Waals surface area contributed by atoms with Gasteiger partial charge in [-0.05, 0) is 56.9 Å². The summed E-state index contributed by atoms with van der Waals surface area (Å²) in [7, 11) is 0. The van der Waals surface area contributed by atoms with Crippen molar-refractivity contribution in [1.29, 1.82) is 0 Å². The molecule has 2 fully saturated rings. The van der Waals surface area contributed by atoms with Crippen LogP contribution in [-0.2, 0) is 15.9 Å². The molecule has 0 amide bonds. The SMILES string of the molecule is C=C(/C=C\C(=C/C)c1ncc(N2CCCN(CCc3ccccc3)CC2)cn1)OC1CCCCO1. The Morgan fingerprint density at radius 2 is 1.89 bits per heavy atom. The second-order valence-electron chi connectivity index (χ2n) is 9.14. The minimum absolute atomic E-state index is 0.187. The van der Waals surface area contributed by atoms with Gasteiger partial charge in [-0.3, -0.25) is 0 Å². The normalized spacial score (nSPS) is 20.1. The lowest BCUT2D eigenvalue weighted by atomic mass is 10.1. The van der Waals surface area contributed by atoms with E-state index in [1.165, 1.54) is 5.56 Å². The van der Waals surface area contributed by atoms with Gasteiger partial charge in [0.2, 0.25) is 0 Å². The van der Waals surface area contributed by atoms with E-state index in [0.29, 0.717) is 11.6 Å². The maximum atomic E-state index is 5.80. The van der Waals surface area contributed by atoms with Gasteiger partial charge in [0, 0.05) is 38.2 Å². The Balaban J connectivity index is 1.28. The highest BCUT2D eigenvalue weighted by atomic mass is 16.7. The molecule has 3 heterocycles. The molecule has 0 radical (unpaired) electrons. The summed E-state index contributed by atoms with van der Waals surface area (Å²) in [6, 6.07) is 10.7. The fourth-order valence-electron chi connectivity index (χ4n) is 4.51. The summed E-state index contributed by atoms with van der Waals surface area (Å²) in [6.07, 6.45) is 14.9. The van der Waals surface area contributed by atoms with E-state index in [0.717, 1.165) is 82.7 Å². The number of ether oxygens (including phenoxy) is 2. The standard InChI is InChI=1S/C29H38N4O2/c1-3-26(14-13-24(2)35-28-12-7-8-21-34-28)29-30-22-27(23-31-29)33-17-9-16-32(19-20-33)18-15-25-10-5-4-6-11-25/h3-6,10-11,13-14,22-23,28H,2,7-9,12,15-21H2,1H3/b14-13-,26-3+. The van der Waals surface area contributed by atoms with Crippen LogP contribution in [0.5, 0.6) is 0 Å². The number of aromatic nitrogens is 2. The summed E-state index contributed by atoms with van der Waals surface area (Å²) in [5, 5.41) is 0.